The van der Waals surface area contributed by atoms with Gasteiger partial charge in [-0.1, -0.05) is 19.1 Å². The summed E-state index contributed by atoms with van der Waals surface area (Å²) in [5, 5.41) is 5.55. The number of anilines is 1. The first-order valence-electron chi connectivity index (χ1n) is 9.17. The molecule has 2 N–H and O–H groups in total. The van der Waals surface area contributed by atoms with Gasteiger partial charge in [0.15, 0.2) is 11.5 Å². The number of hydrogen-bond acceptors (Lipinski definition) is 5. The number of aryl methyl sites for hydroxylation is 1. The van der Waals surface area contributed by atoms with E-state index in [1.54, 1.807) is 12.1 Å². The lowest BCUT2D eigenvalue weighted by molar-refractivity contribution is 0.250. The molecular formula is C21H28N2O5. The molecule has 2 amide bonds. The number of benzene rings is 2. The summed E-state index contributed by atoms with van der Waals surface area (Å²) in [6.45, 7) is 3.13. The first-order valence-corrected chi connectivity index (χ1v) is 9.17. The molecule has 28 heavy (non-hydrogen) atoms. The van der Waals surface area contributed by atoms with E-state index in [1.807, 2.05) is 12.1 Å². The van der Waals surface area contributed by atoms with Crippen LogP contribution >= 0.6 is 0 Å². The van der Waals surface area contributed by atoms with Gasteiger partial charge in [-0.2, -0.15) is 0 Å². The quantitative estimate of drug-likeness (QED) is 0.604. The van der Waals surface area contributed by atoms with E-state index in [9.17, 15) is 4.79 Å². The highest BCUT2D eigenvalue weighted by atomic mass is 16.5. The highest BCUT2D eigenvalue weighted by molar-refractivity contribution is 5.90. The normalized spacial score (nSPS) is 10.1. The zero-order valence-electron chi connectivity index (χ0n) is 16.8. The van der Waals surface area contributed by atoms with Crippen molar-refractivity contribution in [2.45, 2.75) is 19.8 Å². The van der Waals surface area contributed by atoms with E-state index in [1.165, 1.54) is 26.9 Å². The topological polar surface area (TPSA) is 78.1 Å². The molecule has 152 valence electrons. The van der Waals surface area contributed by atoms with Gasteiger partial charge in [0.1, 0.15) is 5.75 Å². The molecule has 2 aromatic rings. The number of carbonyl (C=O) groups excluding carboxylic acids is 1. The third kappa shape index (κ3) is 5.97. The van der Waals surface area contributed by atoms with Gasteiger partial charge in [-0.3, -0.25) is 0 Å². The lowest BCUT2D eigenvalue weighted by Crippen LogP contribution is -2.30. The second-order valence-corrected chi connectivity index (χ2v) is 5.99. The Labute approximate surface area is 165 Å². The molecule has 2 aromatic carbocycles. The van der Waals surface area contributed by atoms with Crippen molar-refractivity contribution in [3.05, 3.63) is 42.0 Å². The van der Waals surface area contributed by atoms with Crippen molar-refractivity contribution < 1.29 is 23.7 Å². The minimum absolute atomic E-state index is 0.318. The SMILES string of the molecule is CCc1ccc(OCCCNC(=O)Nc2cc(OC)c(OC)c(OC)c2)cc1. The zero-order valence-corrected chi connectivity index (χ0v) is 16.8. The van der Waals surface area contributed by atoms with Crippen molar-refractivity contribution in [1.29, 1.82) is 0 Å². The third-order valence-corrected chi connectivity index (χ3v) is 4.13. The van der Waals surface area contributed by atoms with Gasteiger partial charge >= 0.3 is 6.03 Å². The van der Waals surface area contributed by atoms with Crippen LogP contribution in [0.25, 0.3) is 0 Å². The minimum atomic E-state index is -0.318. The van der Waals surface area contributed by atoms with Gasteiger partial charge in [0, 0.05) is 18.7 Å². The zero-order chi connectivity index (χ0) is 20.4. The van der Waals surface area contributed by atoms with Crippen LogP contribution in [0.5, 0.6) is 23.0 Å². The van der Waals surface area contributed by atoms with Gasteiger partial charge in [-0.05, 0) is 30.5 Å². The largest absolute Gasteiger partial charge is 0.494 e. The Morgan fingerprint density at radius 3 is 2.14 bits per heavy atom. The van der Waals surface area contributed by atoms with Crippen LogP contribution in [0.1, 0.15) is 18.9 Å². The van der Waals surface area contributed by atoms with E-state index >= 15 is 0 Å². The van der Waals surface area contributed by atoms with Gasteiger partial charge < -0.3 is 29.6 Å². The predicted molar refractivity (Wildman–Crippen MR) is 109 cm³/mol. The molecule has 0 radical (unpaired) electrons. The fraction of sp³-hybridized carbons (Fsp3) is 0.381. The number of carbonyl (C=O) groups is 1. The standard InChI is InChI=1S/C21H28N2O5/c1-5-15-7-9-17(10-8-15)28-12-6-11-22-21(24)23-16-13-18(25-2)20(27-4)19(14-16)26-3/h7-10,13-14H,5-6,11-12H2,1-4H3,(H2,22,23,24). The van der Waals surface area contributed by atoms with E-state index in [0.717, 1.165) is 12.2 Å². The van der Waals surface area contributed by atoms with Crippen LogP contribution in [0.4, 0.5) is 10.5 Å². The van der Waals surface area contributed by atoms with Crippen LogP contribution in [0, 0.1) is 0 Å². The third-order valence-electron chi connectivity index (χ3n) is 4.13. The molecule has 0 heterocycles. The molecule has 0 saturated carbocycles. The number of amides is 2. The number of urea groups is 1. The molecule has 0 bridgehead atoms. The predicted octanol–water partition coefficient (Wildman–Crippen LogP) is 3.87. The maximum Gasteiger partial charge on any atom is 0.319 e. The average Bonchev–Trinajstić information content (AvgIpc) is 2.73. The van der Waals surface area contributed by atoms with E-state index in [-0.39, 0.29) is 6.03 Å². The fourth-order valence-electron chi connectivity index (χ4n) is 2.61. The maximum absolute atomic E-state index is 12.1. The smallest absolute Gasteiger partial charge is 0.319 e. The van der Waals surface area contributed by atoms with Crippen LogP contribution in [-0.4, -0.2) is 40.5 Å². The minimum Gasteiger partial charge on any atom is -0.494 e. The lowest BCUT2D eigenvalue weighted by atomic mass is 10.2. The van der Waals surface area contributed by atoms with Gasteiger partial charge in [0.25, 0.3) is 0 Å². The summed E-state index contributed by atoms with van der Waals surface area (Å²) in [5.74, 6) is 2.25. The Hall–Kier alpha value is -3.09. The van der Waals surface area contributed by atoms with Gasteiger partial charge in [0.2, 0.25) is 5.75 Å². The van der Waals surface area contributed by atoms with Crippen LogP contribution in [0.15, 0.2) is 36.4 Å². The Kier molecular flexibility index (Phi) is 8.27. The summed E-state index contributed by atoms with van der Waals surface area (Å²) < 4.78 is 21.5. The van der Waals surface area contributed by atoms with E-state index < -0.39 is 0 Å². The van der Waals surface area contributed by atoms with Gasteiger partial charge in [-0.25, -0.2) is 4.79 Å². The molecule has 0 fully saturated rings. The van der Waals surface area contributed by atoms with E-state index in [4.69, 9.17) is 18.9 Å². The fourth-order valence-corrected chi connectivity index (χ4v) is 2.61. The average molecular weight is 388 g/mol. The van der Waals surface area contributed by atoms with Crippen molar-refractivity contribution in [2.24, 2.45) is 0 Å². The number of rotatable bonds is 10. The molecule has 0 unspecified atom stereocenters. The molecule has 0 spiro atoms. The van der Waals surface area contributed by atoms with Crippen molar-refractivity contribution in [2.75, 3.05) is 39.8 Å². The van der Waals surface area contributed by atoms with E-state index in [2.05, 4.69) is 29.7 Å². The molecule has 0 atom stereocenters. The second-order valence-electron chi connectivity index (χ2n) is 5.99. The molecular weight excluding hydrogens is 360 g/mol. The van der Waals surface area contributed by atoms with Crippen LogP contribution < -0.4 is 29.6 Å². The molecule has 0 aromatic heterocycles. The Morgan fingerprint density at radius 1 is 0.964 bits per heavy atom. The van der Waals surface area contributed by atoms with Crippen molar-refractivity contribution in [3.8, 4) is 23.0 Å². The van der Waals surface area contributed by atoms with Crippen molar-refractivity contribution in [1.82, 2.24) is 5.32 Å². The monoisotopic (exact) mass is 388 g/mol. The molecule has 0 saturated heterocycles. The Bertz CT molecular complexity index is 737. The molecule has 0 aliphatic heterocycles. The van der Waals surface area contributed by atoms with Gasteiger partial charge in [0.05, 0.1) is 33.6 Å². The summed E-state index contributed by atoms with van der Waals surface area (Å²) in [5.41, 5.74) is 1.82. The highest BCUT2D eigenvalue weighted by Crippen LogP contribution is 2.39. The maximum atomic E-state index is 12.1. The number of nitrogens with one attached hydrogen (secondary N) is 2. The van der Waals surface area contributed by atoms with Crippen LogP contribution in [0.2, 0.25) is 0 Å². The van der Waals surface area contributed by atoms with Gasteiger partial charge in [-0.15, -0.1) is 0 Å². The number of ether oxygens (including phenoxy) is 4. The van der Waals surface area contributed by atoms with Crippen LogP contribution in [0.3, 0.4) is 0 Å². The summed E-state index contributed by atoms with van der Waals surface area (Å²) in [6.07, 6.45) is 1.70. The molecule has 0 aliphatic rings. The Balaban J connectivity index is 1.77. The molecule has 2 rings (SSSR count). The summed E-state index contributed by atoms with van der Waals surface area (Å²) in [7, 11) is 4.58. The number of methoxy groups -OCH3 is 3. The second kappa shape index (κ2) is 10.9. The Morgan fingerprint density at radius 2 is 1.61 bits per heavy atom. The molecule has 7 nitrogen and oxygen atoms in total. The summed E-state index contributed by atoms with van der Waals surface area (Å²) >= 11 is 0. The lowest BCUT2D eigenvalue weighted by Gasteiger charge is -2.15. The summed E-state index contributed by atoms with van der Waals surface area (Å²) in [4.78, 5) is 12.1. The first-order chi connectivity index (χ1) is 13.6. The first kappa shape index (κ1) is 21.2. The molecule has 0 aliphatic carbocycles. The highest BCUT2D eigenvalue weighted by Gasteiger charge is 2.14. The molecule has 7 heteroatoms. The van der Waals surface area contributed by atoms with Crippen molar-refractivity contribution in [3.63, 3.8) is 0 Å². The number of hydrogen-bond donors (Lipinski definition) is 2. The van der Waals surface area contributed by atoms with E-state index in [0.29, 0.717) is 42.5 Å². The summed E-state index contributed by atoms with van der Waals surface area (Å²) in [6, 6.07) is 11.1. The van der Waals surface area contributed by atoms with Crippen molar-refractivity contribution >= 4 is 11.7 Å². The van der Waals surface area contributed by atoms with Crippen LogP contribution in [-0.2, 0) is 6.42 Å².